The summed E-state index contributed by atoms with van der Waals surface area (Å²) in [6.07, 6.45) is 6.05. The summed E-state index contributed by atoms with van der Waals surface area (Å²) in [4.78, 5) is 0. The van der Waals surface area contributed by atoms with Gasteiger partial charge in [0, 0.05) is 0 Å². The van der Waals surface area contributed by atoms with Crippen LogP contribution in [-0.2, 0) is 0 Å². The van der Waals surface area contributed by atoms with Gasteiger partial charge in [-0.1, -0.05) is 61.2 Å². The van der Waals surface area contributed by atoms with Gasteiger partial charge in [-0.15, -0.1) is 0 Å². The van der Waals surface area contributed by atoms with Gasteiger partial charge in [0.2, 0.25) is 0 Å². The fourth-order valence-corrected chi connectivity index (χ4v) is 1.75. The van der Waals surface area contributed by atoms with Gasteiger partial charge in [-0.2, -0.15) is 0 Å². The molecule has 0 amide bonds. The van der Waals surface area contributed by atoms with E-state index < -0.39 is 0 Å². The molecule has 0 spiro atoms. The molecule has 0 heterocycles. The summed E-state index contributed by atoms with van der Waals surface area (Å²) >= 11 is 0. The van der Waals surface area contributed by atoms with Crippen molar-refractivity contribution in [2.75, 3.05) is 7.11 Å². The minimum atomic E-state index is 0.874. The maximum Gasteiger partial charge on any atom is 0.118 e. The van der Waals surface area contributed by atoms with E-state index in [9.17, 15) is 0 Å². The zero-order valence-electron chi connectivity index (χ0n) is 10.5. The lowest BCUT2D eigenvalue weighted by Crippen LogP contribution is -1.82. The summed E-state index contributed by atoms with van der Waals surface area (Å²) < 4.78 is 5.13. The normalized spacial score (nSPS) is 10.5. The minimum Gasteiger partial charge on any atom is -0.497 e. The highest BCUT2D eigenvalue weighted by molar-refractivity contribution is 5.74. The van der Waals surface area contributed by atoms with Gasteiger partial charge in [-0.3, -0.25) is 0 Å². The first-order valence-corrected chi connectivity index (χ1v) is 5.87. The Balaban J connectivity index is 2.21. The van der Waals surface area contributed by atoms with Gasteiger partial charge in [0.05, 0.1) is 7.11 Å². The van der Waals surface area contributed by atoms with Gasteiger partial charge in [-0.05, 0) is 28.8 Å². The van der Waals surface area contributed by atoms with Crippen LogP contribution in [0.5, 0.6) is 5.75 Å². The third kappa shape index (κ3) is 2.89. The molecule has 2 rings (SSSR count). The molecule has 0 fully saturated rings. The van der Waals surface area contributed by atoms with Crippen LogP contribution in [0.1, 0.15) is 16.7 Å². The summed E-state index contributed by atoms with van der Waals surface area (Å²) in [6.45, 7) is 3.82. The fraction of sp³-hybridized carbons (Fsp3) is 0.0588. The van der Waals surface area contributed by atoms with Crippen LogP contribution in [0.25, 0.3) is 18.2 Å². The number of rotatable bonds is 4. The highest BCUT2D eigenvalue weighted by Gasteiger charge is 1.94. The Hall–Kier alpha value is -2.28. The van der Waals surface area contributed by atoms with Crippen molar-refractivity contribution in [3.8, 4) is 5.75 Å². The molecule has 1 nitrogen and oxygen atoms in total. The van der Waals surface area contributed by atoms with Crippen LogP contribution in [0, 0.1) is 0 Å². The molecule has 90 valence electrons. The van der Waals surface area contributed by atoms with Crippen LogP contribution < -0.4 is 4.74 Å². The molecule has 2 aromatic carbocycles. The Kier molecular flexibility index (Phi) is 3.98. The highest BCUT2D eigenvalue weighted by atomic mass is 16.5. The molecule has 0 aromatic heterocycles. The highest BCUT2D eigenvalue weighted by Crippen LogP contribution is 2.16. The third-order valence-corrected chi connectivity index (χ3v) is 2.79. The van der Waals surface area contributed by atoms with Gasteiger partial charge in [0.25, 0.3) is 0 Å². The Labute approximate surface area is 108 Å². The largest absolute Gasteiger partial charge is 0.497 e. The Morgan fingerprint density at radius 3 is 2.17 bits per heavy atom. The lowest BCUT2D eigenvalue weighted by Gasteiger charge is -2.01. The van der Waals surface area contributed by atoms with E-state index in [1.54, 1.807) is 7.11 Å². The smallest absolute Gasteiger partial charge is 0.118 e. The molecule has 0 aliphatic rings. The second kappa shape index (κ2) is 5.87. The number of hydrogen-bond donors (Lipinski definition) is 0. The standard InChI is InChI=1S/C17H16O/c1-3-15-6-4-5-7-16(15)11-8-14-9-12-17(18-2)13-10-14/h3-13H,1H2,2H3/b11-8-. The van der Waals surface area contributed by atoms with E-state index in [1.807, 2.05) is 42.5 Å². The van der Waals surface area contributed by atoms with Gasteiger partial charge in [-0.25, -0.2) is 0 Å². The lowest BCUT2D eigenvalue weighted by molar-refractivity contribution is 0.415. The van der Waals surface area contributed by atoms with Gasteiger partial charge in [0.1, 0.15) is 5.75 Å². The lowest BCUT2D eigenvalue weighted by atomic mass is 10.1. The molecular formula is C17H16O. The van der Waals surface area contributed by atoms with Crippen molar-refractivity contribution in [1.82, 2.24) is 0 Å². The van der Waals surface area contributed by atoms with E-state index in [-0.39, 0.29) is 0 Å². The average molecular weight is 236 g/mol. The predicted molar refractivity (Wildman–Crippen MR) is 78.5 cm³/mol. The first-order valence-electron chi connectivity index (χ1n) is 5.87. The molecule has 0 aliphatic heterocycles. The Morgan fingerprint density at radius 1 is 0.889 bits per heavy atom. The second-order valence-electron chi connectivity index (χ2n) is 3.94. The summed E-state index contributed by atoms with van der Waals surface area (Å²) in [7, 11) is 1.67. The van der Waals surface area contributed by atoms with Gasteiger partial charge in [0.15, 0.2) is 0 Å². The molecule has 18 heavy (non-hydrogen) atoms. The van der Waals surface area contributed by atoms with E-state index in [0.29, 0.717) is 0 Å². The summed E-state index contributed by atoms with van der Waals surface area (Å²) in [5.41, 5.74) is 3.46. The van der Waals surface area contributed by atoms with Gasteiger partial charge < -0.3 is 4.74 Å². The van der Waals surface area contributed by atoms with Crippen molar-refractivity contribution in [3.63, 3.8) is 0 Å². The molecule has 0 saturated heterocycles. The predicted octanol–water partition coefficient (Wildman–Crippen LogP) is 4.51. The molecular weight excluding hydrogens is 220 g/mol. The monoisotopic (exact) mass is 236 g/mol. The SMILES string of the molecule is C=Cc1ccccc1/C=C\c1ccc(OC)cc1. The second-order valence-corrected chi connectivity index (χ2v) is 3.94. The molecule has 0 N–H and O–H groups in total. The van der Waals surface area contributed by atoms with Crippen LogP contribution in [0.4, 0.5) is 0 Å². The molecule has 0 aliphatic carbocycles. The number of methoxy groups -OCH3 is 1. The van der Waals surface area contributed by atoms with Crippen molar-refractivity contribution in [2.24, 2.45) is 0 Å². The quantitative estimate of drug-likeness (QED) is 0.710. The average Bonchev–Trinajstić information content (AvgIpc) is 2.46. The Bertz CT molecular complexity index is 550. The van der Waals surface area contributed by atoms with E-state index in [2.05, 4.69) is 30.9 Å². The Morgan fingerprint density at radius 2 is 1.56 bits per heavy atom. The molecule has 0 radical (unpaired) electrons. The summed E-state index contributed by atoms with van der Waals surface area (Å²) in [6, 6.07) is 16.2. The summed E-state index contributed by atoms with van der Waals surface area (Å²) in [5, 5.41) is 0. The number of benzene rings is 2. The van der Waals surface area contributed by atoms with Crippen molar-refractivity contribution >= 4 is 18.2 Å². The molecule has 0 atom stereocenters. The molecule has 1 heteroatoms. The maximum absolute atomic E-state index is 5.13. The van der Waals surface area contributed by atoms with Crippen LogP contribution in [-0.4, -0.2) is 7.11 Å². The van der Waals surface area contributed by atoms with E-state index in [0.717, 1.165) is 16.9 Å². The topological polar surface area (TPSA) is 9.23 Å². The van der Waals surface area contributed by atoms with Crippen molar-refractivity contribution in [1.29, 1.82) is 0 Å². The molecule has 0 saturated carbocycles. The van der Waals surface area contributed by atoms with E-state index >= 15 is 0 Å². The summed E-state index contributed by atoms with van der Waals surface area (Å²) in [5.74, 6) is 0.874. The van der Waals surface area contributed by atoms with Crippen molar-refractivity contribution in [3.05, 3.63) is 71.8 Å². The molecule has 0 unspecified atom stereocenters. The van der Waals surface area contributed by atoms with Crippen molar-refractivity contribution < 1.29 is 4.74 Å². The third-order valence-electron chi connectivity index (χ3n) is 2.79. The van der Waals surface area contributed by atoms with E-state index in [1.165, 1.54) is 5.56 Å². The zero-order chi connectivity index (χ0) is 12.8. The van der Waals surface area contributed by atoms with Crippen LogP contribution >= 0.6 is 0 Å². The maximum atomic E-state index is 5.13. The van der Waals surface area contributed by atoms with Crippen LogP contribution in [0.3, 0.4) is 0 Å². The fourth-order valence-electron chi connectivity index (χ4n) is 1.75. The van der Waals surface area contributed by atoms with Crippen LogP contribution in [0.15, 0.2) is 55.1 Å². The molecule has 2 aromatic rings. The first-order chi connectivity index (χ1) is 8.83. The minimum absolute atomic E-state index is 0.874. The van der Waals surface area contributed by atoms with Crippen LogP contribution in [0.2, 0.25) is 0 Å². The van der Waals surface area contributed by atoms with Crippen molar-refractivity contribution in [2.45, 2.75) is 0 Å². The van der Waals surface area contributed by atoms with Gasteiger partial charge >= 0.3 is 0 Å². The first kappa shape index (κ1) is 12.2. The molecule has 0 bridgehead atoms. The zero-order valence-corrected chi connectivity index (χ0v) is 10.5. The number of ether oxygens (including phenoxy) is 1. The van der Waals surface area contributed by atoms with E-state index in [4.69, 9.17) is 4.74 Å². The number of hydrogen-bond acceptors (Lipinski definition) is 1.